The molecule has 0 radical (unpaired) electrons. The number of fused-ring (bicyclic) bond motifs is 2. The van der Waals surface area contributed by atoms with Crippen molar-refractivity contribution < 1.29 is 13.6 Å². The molecule has 7 rings (SSSR count). The first-order chi connectivity index (χ1) is 18.0. The third kappa shape index (κ3) is 3.74. The number of carbonyl (C=O) groups excluding carboxylic acids is 1. The van der Waals surface area contributed by atoms with Crippen LogP contribution in [0.25, 0.3) is 16.9 Å². The molecule has 37 heavy (non-hydrogen) atoms. The predicted molar refractivity (Wildman–Crippen MR) is 137 cm³/mol. The topological polar surface area (TPSA) is 50.5 Å². The molecule has 0 N–H and O–H groups in total. The Kier molecular flexibility index (Phi) is 5.17. The van der Waals surface area contributed by atoms with E-state index in [9.17, 15) is 4.79 Å². The van der Waals surface area contributed by atoms with E-state index in [1.54, 1.807) is 33.7 Å². The van der Waals surface area contributed by atoms with Gasteiger partial charge in [0.1, 0.15) is 17.7 Å². The Balaban J connectivity index is 1.29. The highest BCUT2D eigenvalue weighted by Gasteiger charge is 2.35. The van der Waals surface area contributed by atoms with Gasteiger partial charge in [0.15, 0.2) is 5.65 Å². The van der Waals surface area contributed by atoms with Gasteiger partial charge < -0.3 is 4.90 Å². The molecule has 3 heterocycles. The quantitative estimate of drug-likeness (QED) is 0.307. The Morgan fingerprint density at radius 3 is 2.46 bits per heavy atom. The lowest BCUT2D eigenvalue weighted by molar-refractivity contribution is 0.0584. The molecule has 0 bridgehead atoms. The van der Waals surface area contributed by atoms with E-state index in [-0.39, 0.29) is 35.9 Å². The maximum atomic E-state index is 15.1. The zero-order chi connectivity index (χ0) is 25.3. The maximum Gasteiger partial charge on any atom is 0.273 e. The second-order valence-electron chi connectivity index (χ2n) is 10.7. The number of alkyl halides is 1. The average molecular weight is 499 g/mol. The molecule has 4 aromatic rings. The van der Waals surface area contributed by atoms with Gasteiger partial charge in [-0.15, -0.1) is 0 Å². The fourth-order valence-corrected chi connectivity index (χ4v) is 5.82. The number of amides is 1. The van der Waals surface area contributed by atoms with Gasteiger partial charge in [-0.25, -0.2) is 18.3 Å². The Morgan fingerprint density at radius 1 is 0.973 bits per heavy atom. The summed E-state index contributed by atoms with van der Waals surface area (Å²) in [6.45, 7) is 1.92. The van der Waals surface area contributed by atoms with E-state index in [0.29, 0.717) is 28.4 Å². The summed E-state index contributed by atoms with van der Waals surface area (Å²) in [5.41, 5.74) is 5.14. The maximum absolute atomic E-state index is 15.1. The summed E-state index contributed by atoms with van der Waals surface area (Å²) in [5, 5.41) is 4.74. The van der Waals surface area contributed by atoms with Gasteiger partial charge in [-0.3, -0.25) is 4.79 Å². The van der Waals surface area contributed by atoms with Gasteiger partial charge in [-0.05, 0) is 73.4 Å². The van der Waals surface area contributed by atoms with E-state index in [1.165, 1.54) is 0 Å². The Morgan fingerprint density at radius 2 is 1.76 bits per heavy atom. The lowest BCUT2D eigenvalue weighted by Crippen LogP contribution is -2.40. The standard InChI is InChI=1S/C30H28F2N4O/c1-17-21-7-2-3-8-22(21)25(32)16-35(17)30(37)27-14-28(19-5-4-6-19)36-29(33-27)15-26(34-36)23-12-11-20(13-24(23)31)18-9-10-18/h2-3,7-8,11-15,17-19,25H,4-6,9-10,16H2,1H3. The number of hydrogen-bond donors (Lipinski definition) is 0. The van der Waals surface area contributed by atoms with Gasteiger partial charge in [0, 0.05) is 23.2 Å². The van der Waals surface area contributed by atoms with Crippen molar-refractivity contribution >= 4 is 11.6 Å². The number of aromatic nitrogens is 3. The van der Waals surface area contributed by atoms with Gasteiger partial charge in [-0.1, -0.05) is 36.8 Å². The second kappa shape index (κ2) is 8.47. The first-order valence-corrected chi connectivity index (χ1v) is 13.2. The van der Waals surface area contributed by atoms with E-state index in [0.717, 1.165) is 48.9 Å². The molecule has 2 unspecified atom stereocenters. The minimum atomic E-state index is -1.24. The summed E-state index contributed by atoms with van der Waals surface area (Å²) in [6.07, 6.45) is 4.12. The number of rotatable bonds is 4. The third-order valence-corrected chi connectivity index (χ3v) is 8.38. The molecule has 2 saturated carbocycles. The highest BCUT2D eigenvalue weighted by atomic mass is 19.1. The number of carbonyl (C=O) groups is 1. The van der Waals surface area contributed by atoms with Gasteiger partial charge in [0.25, 0.3) is 5.91 Å². The molecule has 2 aromatic heterocycles. The largest absolute Gasteiger partial charge is 0.327 e. The highest BCUT2D eigenvalue weighted by Crippen LogP contribution is 2.42. The van der Waals surface area contributed by atoms with Crippen LogP contribution in [0.1, 0.15) is 95.9 Å². The fraction of sp³-hybridized carbons (Fsp3) is 0.367. The average Bonchev–Trinajstić information content (AvgIpc) is 3.63. The predicted octanol–water partition coefficient (Wildman–Crippen LogP) is 6.91. The number of halogens is 2. The van der Waals surface area contributed by atoms with Crippen LogP contribution in [0.4, 0.5) is 8.78 Å². The smallest absolute Gasteiger partial charge is 0.273 e. The number of benzene rings is 2. The van der Waals surface area contributed by atoms with Gasteiger partial charge in [0.2, 0.25) is 0 Å². The van der Waals surface area contributed by atoms with Crippen LogP contribution in [0.15, 0.2) is 54.6 Å². The van der Waals surface area contributed by atoms with Gasteiger partial charge >= 0.3 is 0 Å². The lowest BCUT2D eigenvalue weighted by atomic mass is 9.82. The monoisotopic (exact) mass is 498 g/mol. The molecular formula is C30H28F2N4O. The molecule has 2 fully saturated rings. The molecule has 2 aromatic carbocycles. The molecule has 1 aliphatic heterocycles. The second-order valence-corrected chi connectivity index (χ2v) is 10.7. The molecule has 2 atom stereocenters. The first-order valence-electron chi connectivity index (χ1n) is 13.2. The van der Waals surface area contributed by atoms with Crippen molar-refractivity contribution in [2.24, 2.45) is 0 Å². The number of hydrogen-bond acceptors (Lipinski definition) is 3. The van der Waals surface area contributed by atoms with E-state index in [1.807, 2.05) is 37.3 Å². The molecule has 5 nitrogen and oxygen atoms in total. The van der Waals surface area contributed by atoms with E-state index < -0.39 is 6.17 Å². The molecule has 188 valence electrons. The highest BCUT2D eigenvalue weighted by molar-refractivity contribution is 5.93. The number of nitrogens with zero attached hydrogens (tertiary/aromatic N) is 4. The zero-order valence-electron chi connectivity index (χ0n) is 20.7. The van der Waals surface area contributed by atoms with Crippen molar-refractivity contribution in [1.82, 2.24) is 19.5 Å². The fourth-order valence-electron chi connectivity index (χ4n) is 5.82. The molecule has 7 heteroatoms. The van der Waals surface area contributed by atoms with Crippen LogP contribution in [0.5, 0.6) is 0 Å². The minimum Gasteiger partial charge on any atom is -0.327 e. The van der Waals surface area contributed by atoms with Crippen molar-refractivity contribution in [2.75, 3.05) is 6.54 Å². The summed E-state index contributed by atoms with van der Waals surface area (Å²) in [4.78, 5) is 20.0. The molecule has 0 saturated heterocycles. The van der Waals surface area contributed by atoms with Crippen molar-refractivity contribution in [3.63, 3.8) is 0 Å². The van der Waals surface area contributed by atoms with Crippen molar-refractivity contribution in [1.29, 1.82) is 0 Å². The zero-order valence-corrected chi connectivity index (χ0v) is 20.7. The van der Waals surface area contributed by atoms with E-state index in [2.05, 4.69) is 4.98 Å². The van der Waals surface area contributed by atoms with Crippen LogP contribution in [0.2, 0.25) is 0 Å². The minimum absolute atomic E-state index is 0.00823. The molecule has 0 spiro atoms. The molecular weight excluding hydrogens is 470 g/mol. The summed E-state index contributed by atoms with van der Waals surface area (Å²) >= 11 is 0. The Bertz CT molecular complexity index is 1540. The Labute approximate surface area is 214 Å². The molecule has 3 aliphatic rings. The van der Waals surface area contributed by atoms with Crippen LogP contribution < -0.4 is 0 Å². The lowest BCUT2D eigenvalue weighted by Gasteiger charge is -2.37. The van der Waals surface area contributed by atoms with Gasteiger partial charge in [0.05, 0.1) is 18.3 Å². The molecule has 2 aliphatic carbocycles. The summed E-state index contributed by atoms with van der Waals surface area (Å²) in [7, 11) is 0. The normalized spacial score (nSPS) is 21.6. The van der Waals surface area contributed by atoms with Crippen LogP contribution in [-0.2, 0) is 0 Å². The first kappa shape index (κ1) is 22.6. The Hall–Kier alpha value is -3.61. The van der Waals surface area contributed by atoms with Crippen LogP contribution >= 0.6 is 0 Å². The van der Waals surface area contributed by atoms with Crippen LogP contribution in [0, 0.1) is 5.82 Å². The molecule has 1 amide bonds. The van der Waals surface area contributed by atoms with Crippen molar-refractivity contribution in [2.45, 2.75) is 63.1 Å². The SMILES string of the molecule is CC1c2ccccc2C(F)CN1C(=O)c1cc(C2CCC2)n2nc(-c3ccc(C4CC4)cc3F)cc2n1. The van der Waals surface area contributed by atoms with Crippen molar-refractivity contribution in [3.8, 4) is 11.3 Å². The van der Waals surface area contributed by atoms with E-state index in [4.69, 9.17) is 5.10 Å². The summed E-state index contributed by atoms with van der Waals surface area (Å²) < 4.78 is 31.9. The van der Waals surface area contributed by atoms with Gasteiger partial charge in [-0.2, -0.15) is 5.10 Å². The third-order valence-electron chi connectivity index (χ3n) is 8.38. The summed E-state index contributed by atoms with van der Waals surface area (Å²) in [5.74, 6) is 0.151. The van der Waals surface area contributed by atoms with E-state index >= 15 is 8.78 Å². The van der Waals surface area contributed by atoms with Crippen molar-refractivity contribution in [3.05, 3.63) is 88.5 Å². The summed E-state index contributed by atoms with van der Waals surface area (Å²) in [6, 6.07) is 16.1. The van der Waals surface area contributed by atoms with Crippen LogP contribution in [0.3, 0.4) is 0 Å². The van der Waals surface area contributed by atoms with Crippen LogP contribution in [-0.4, -0.2) is 31.9 Å².